The minimum Gasteiger partial charge on any atom is -0.166 e. The lowest BCUT2D eigenvalue weighted by molar-refractivity contribution is -0.137. The van der Waals surface area contributed by atoms with E-state index in [0.717, 1.165) is 32.8 Å². The van der Waals surface area contributed by atoms with Gasteiger partial charge in [0.2, 0.25) is 0 Å². The van der Waals surface area contributed by atoms with Crippen LogP contribution in [0.1, 0.15) is 5.56 Å². The number of benzene rings is 1. The second kappa shape index (κ2) is 2.88. The molecule has 1 aromatic rings. The van der Waals surface area contributed by atoms with Crippen LogP contribution in [-0.4, -0.2) is 16.3 Å². The average molecular weight is 174 g/mol. The molecule has 0 saturated carbocycles. The van der Waals surface area contributed by atoms with Crippen molar-refractivity contribution in [2.75, 3.05) is 0 Å². The van der Waals surface area contributed by atoms with E-state index in [9.17, 15) is 13.2 Å². The molecule has 0 N–H and O–H groups in total. The molecule has 0 radical (unpaired) electrons. The minimum absolute atomic E-state index is 0.572. The topological polar surface area (TPSA) is 0 Å². The Bertz CT molecular complexity index is 237. The second-order valence-corrected chi connectivity index (χ2v) is 3.52. The van der Waals surface area contributed by atoms with Gasteiger partial charge in [-0.3, -0.25) is 0 Å². The standard InChI is InChI=1S/C7H4F3.Al.2H/c8-7(9,10)6-4-2-1-3-5-6;;;/h2-5H;;;. The molecule has 0 nitrogen and oxygen atoms in total. The molecular weight excluding hydrogens is 168 g/mol. The van der Waals surface area contributed by atoms with Gasteiger partial charge < -0.3 is 0 Å². The van der Waals surface area contributed by atoms with E-state index in [-0.39, 0.29) is 0 Å². The lowest BCUT2D eigenvalue weighted by atomic mass is 10.2. The van der Waals surface area contributed by atoms with Crippen molar-refractivity contribution in [3.05, 3.63) is 29.8 Å². The zero-order valence-electron chi connectivity index (χ0n) is 5.94. The van der Waals surface area contributed by atoms with Gasteiger partial charge in [0.05, 0.1) is 5.56 Å². The summed E-state index contributed by atoms with van der Waals surface area (Å²) >= 11 is 0.791. The summed E-state index contributed by atoms with van der Waals surface area (Å²) in [5, 5.41) is 0. The van der Waals surface area contributed by atoms with Crippen LogP contribution in [0.15, 0.2) is 24.3 Å². The van der Waals surface area contributed by atoms with E-state index >= 15 is 0 Å². The normalized spacial score (nSPS) is 11.5. The van der Waals surface area contributed by atoms with Gasteiger partial charge in [0.1, 0.15) is 0 Å². The Balaban J connectivity index is 2.99. The first kappa shape index (κ1) is 8.64. The summed E-state index contributed by atoms with van der Waals surface area (Å²) in [5.74, 6) is 0. The molecule has 0 bridgehead atoms. The average Bonchev–Trinajstić information content (AvgIpc) is 1.86. The van der Waals surface area contributed by atoms with Crippen molar-refractivity contribution in [3.8, 4) is 0 Å². The summed E-state index contributed by atoms with van der Waals surface area (Å²) in [6.07, 6.45) is -4.20. The van der Waals surface area contributed by atoms with Gasteiger partial charge >= 0.3 is 6.18 Å². The van der Waals surface area contributed by atoms with Crippen molar-refractivity contribution >= 4 is 20.7 Å². The molecule has 0 aliphatic heterocycles. The van der Waals surface area contributed by atoms with Crippen LogP contribution in [0.2, 0.25) is 0 Å². The molecule has 4 heteroatoms. The summed E-state index contributed by atoms with van der Waals surface area (Å²) < 4.78 is 36.8. The van der Waals surface area contributed by atoms with Gasteiger partial charge in [-0.25, -0.2) is 0 Å². The van der Waals surface area contributed by atoms with Gasteiger partial charge in [-0.1, -0.05) is 24.3 Å². The number of rotatable bonds is 0. The largest absolute Gasteiger partial charge is 0.416 e. The van der Waals surface area contributed by atoms with Gasteiger partial charge in [0.15, 0.2) is 0 Å². The van der Waals surface area contributed by atoms with E-state index in [2.05, 4.69) is 0 Å². The second-order valence-electron chi connectivity index (χ2n) is 2.36. The lowest BCUT2D eigenvalue weighted by Crippen LogP contribution is -2.08. The Morgan fingerprint density at radius 3 is 1.82 bits per heavy atom. The number of halogens is 3. The molecule has 0 heterocycles. The third kappa shape index (κ3) is 2.25. The van der Waals surface area contributed by atoms with E-state index in [1.807, 2.05) is 0 Å². The number of hydrogen-bond donors (Lipinski definition) is 0. The van der Waals surface area contributed by atoms with Crippen molar-refractivity contribution in [1.29, 1.82) is 0 Å². The third-order valence-corrected chi connectivity index (χ3v) is 2.05. The van der Waals surface area contributed by atoms with Crippen molar-refractivity contribution in [2.45, 2.75) is 6.18 Å². The van der Waals surface area contributed by atoms with E-state index in [0.29, 0.717) is 0 Å². The van der Waals surface area contributed by atoms with Gasteiger partial charge in [0.25, 0.3) is 16.3 Å². The van der Waals surface area contributed by atoms with Gasteiger partial charge in [-0.2, -0.15) is 13.2 Å². The zero-order chi connectivity index (χ0) is 8.48. The molecule has 0 aliphatic carbocycles. The quantitative estimate of drug-likeness (QED) is 0.514. The maximum absolute atomic E-state index is 11.9. The molecule has 1 aromatic carbocycles. The van der Waals surface area contributed by atoms with Gasteiger partial charge in [-0.15, -0.1) is 4.43 Å². The summed E-state index contributed by atoms with van der Waals surface area (Å²) in [6.45, 7) is 0. The minimum atomic E-state index is -4.20. The summed E-state index contributed by atoms with van der Waals surface area (Å²) in [6, 6.07) is 5.24. The van der Waals surface area contributed by atoms with Crippen molar-refractivity contribution in [1.82, 2.24) is 0 Å². The number of hydrogen-bond acceptors (Lipinski definition) is 0. The Kier molecular flexibility index (Phi) is 2.26. The number of alkyl halides is 3. The molecule has 0 aromatic heterocycles. The molecule has 0 spiro atoms. The van der Waals surface area contributed by atoms with E-state index in [1.165, 1.54) is 12.1 Å². The van der Waals surface area contributed by atoms with Crippen molar-refractivity contribution in [2.24, 2.45) is 0 Å². The maximum Gasteiger partial charge on any atom is 0.416 e. The highest BCUT2D eigenvalue weighted by Crippen LogP contribution is 2.27. The van der Waals surface area contributed by atoms with E-state index < -0.39 is 11.7 Å². The fourth-order valence-corrected chi connectivity index (χ4v) is 1.08. The molecule has 0 amide bonds. The molecular formula is C7H6AlF3. The Morgan fingerprint density at radius 1 is 1.00 bits per heavy atom. The molecule has 0 aliphatic rings. The third-order valence-electron chi connectivity index (χ3n) is 1.38. The Morgan fingerprint density at radius 2 is 1.45 bits per heavy atom. The maximum atomic E-state index is 11.9. The molecule has 11 heavy (non-hydrogen) atoms. The SMILES string of the molecule is FC(F)(F)c1cc[c]([AlH2])cc1. The highest BCUT2D eigenvalue weighted by atomic mass is 27.0. The van der Waals surface area contributed by atoms with Crippen molar-refractivity contribution in [3.63, 3.8) is 0 Å². The van der Waals surface area contributed by atoms with Crippen LogP contribution in [0.3, 0.4) is 0 Å². The molecule has 58 valence electrons. The van der Waals surface area contributed by atoms with Crippen LogP contribution in [0.25, 0.3) is 0 Å². The highest BCUT2D eigenvalue weighted by Gasteiger charge is 2.29. The smallest absolute Gasteiger partial charge is 0.166 e. The first-order valence-electron chi connectivity index (χ1n) is 3.14. The van der Waals surface area contributed by atoms with Crippen LogP contribution < -0.4 is 4.43 Å². The molecule has 0 atom stereocenters. The molecule has 0 saturated heterocycles. The summed E-state index contributed by atoms with van der Waals surface area (Å²) in [7, 11) is 0. The Hall–Kier alpha value is -0.458. The van der Waals surface area contributed by atoms with Gasteiger partial charge in [0, 0.05) is 0 Å². The van der Waals surface area contributed by atoms with Gasteiger partial charge in [-0.05, 0) is 0 Å². The predicted octanol–water partition coefficient (Wildman–Crippen LogP) is 0.964. The Labute approximate surface area is 70.5 Å². The zero-order valence-corrected chi connectivity index (χ0v) is 7.94. The molecule has 0 unspecified atom stereocenters. The van der Waals surface area contributed by atoms with E-state index in [4.69, 9.17) is 0 Å². The van der Waals surface area contributed by atoms with E-state index in [1.54, 1.807) is 0 Å². The first-order valence-corrected chi connectivity index (χ1v) is 4.14. The van der Waals surface area contributed by atoms with Crippen LogP contribution in [0.5, 0.6) is 0 Å². The monoisotopic (exact) mass is 174 g/mol. The molecule has 0 fully saturated rings. The predicted molar refractivity (Wildman–Crippen MR) is 39.6 cm³/mol. The van der Waals surface area contributed by atoms with Crippen LogP contribution in [0.4, 0.5) is 13.2 Å². The fraction of sp³-hybridized carbons (Fsp3) is 0.143. The van der Waals surface area contributed by atoms with Crippen LogP contribution >= 0.6 is 0 Å². The highest BCUT2D eigenvalue weighted by molar-refractivity contribution is 6.32. The first-order chi connectivity index (χ1) is 5.00. The van der Waals surface area contributed by atoms with Crippen LogP contribution in [-0.2, 0) is 6.18 Å². The molecule has 1 rings (SSSR count). The fourth-order valence-electron chi connectivity index (χ4n) is 0.743. The summed E-state index contributed by atoms with van der Waals surface area (Å²) in [5.41, 5.74) is -0.572. The van der Waals surface area contributed by atoms with Crippen molar-refractivity contribution < 1.29 is 13.2 Å². The van der Waals surface area contributed by atoms with Crippen LogP contribution in [0, 0.1) is 0 Å². The lowest BCUT2D eigenvalue weighted by Gasteiger charge is -2.05. The summed E-state index contributed by atoms with van der Waals surface area (Å²) in [4.78, 5) is 0.